The number of rotatable bonds is 7. The lowest BCUT2D eigenvalue weighted by Gasteiger charge is -2.13. The molecule has 8 nitrogen and oxygen atoms in total. The molecule has 1 aliphatic heterocycles. The first-order valence-electron chi connectivity index (χ1n) is 10.5. The standard InChI is InChI=1S/C25H21ClN2O6S2/c1-15-4-10-19(11-5-15)36(30,31)34-23-20(26)12-16(13-21(23)33-3)14-22-24(29)28-25(35-22)27-17-6-8-18(32-2)9-7-17/h4-14H,1-3H3,(H,27,28,29)/b22-14-. The Balaban J connectivity index is 1.58. The number of nitrogens with zero attached hydrogens (tertiary/aromatic N) is 1. The second-order valence-electron chi connectivity index (χ2n) is 7.56. The number of ether oxygens (including phenoxy) is 2. The predicted octanol–water partition coefficient (Wildman–Crippen LogP) is 5.32. The second-order valence-corrected chi connectivity index (χ2v) is 10.5. The van der Waals surface area contributed by atoms with E-state index in [0.717, 1.165) is 17.3 Å². The van der Waals surface area contributed by atoms with Gasteiger partial charge in [0, 0.05) is 0 Å². The topological polar surface area (TPSA) is 103 Å². The Bertz CT molecular complexity index is 1470. The smallest absolute Gasteiger partial charge is 0.339 e. The molecule has 0 unspecified atom stereocenters. The molecule has 1 fully saturated rings. The molecule has 1 N–H and O–H groups in total. The highest BCUT2D eigenvalue weighted by atomic mass is 35.5. The highest BCUT2D eigenvalue weighted by molar-refractivity contribution is 8.18. The Morgan fingerprint density at radius 2 is 1.69 bits per heavy atom. The molecule has 3 aromatic carbocycles. The summed E-state index contributed by atoms with van der Waals surface area (Å²) in [6.45, 7) is 1.85. The zero-order chi connectivity index (χ0) is 25.9. The summed E-state index contributed by atoms with van der Waals surface area (Å²) in [6, 6.07) is 16.3. The Morgan fingerprint density at radius 1 is 1.00 bits per heavy atom. The summed E-state index contributed by atoms with van der Waals surface area (Å²) in [6.07, 6.45) is 1.60. The van der Waals surface area contributed by atoms with Gasteiger partial charge >= 0.3 is 10.1 Å². The van der Waals surface area contributed by atoms with Gasteiger partial charge in [-0.05, 0) is 78.9 Å². The van der Waals surface area contributed by atoms with E-state index in [9.17, 15) is 13.2 Å². The van der Waals surface area contributed by atoms with E-state index < -0.39 is 10.1 Å². The summed E-state index contributed by atoms with van der Waals surface area (Å²) < 4.78 is 41.3. The lowest BCUT2D eigenvalue weighted by Crippen LogP contribution is -2.19. The summed E-state index contributed by atoms with van der Waals surface area (Å²) in [5.74, 6) is 0.324. The monoisotopic (exact) mass is 544 g/mol. The van der Waals surface area contributed by atoms with Crippen molar-refractivity contribution in [2.75, 3.05) is 14.2 Å². The van der Waals surface area contributed by atoms with E-state index in [-0.39, 0.29) is 27.3 Å². The summed E-state index contributed by atoms with van der Waals surface area (Å²) in [5.41, 5.74) is 2.08. The Morgan fingerprint density at radius 3 is 2.33 bits per heavy atom. The van der Waals surface area contributed by atoms with Crippen LogP contribution in [-0.2, 0) is 14.9 Å². The highest BCUT2D eigenvalue weighted by Gasteiger charge is 2.25. The number of carbonyl (C=O) groups excluding carboxylic acids is 1. The molecule has 0 saturated carbocycles. The highest BCUT2D eigenvalue weighted by Crippen LogP contribution is 2.39. The van der Waals surface area contributed by atoms with Gasteiger partial charge in [0.2, 0.25) is 5.75 Å². The molecule has 186 valence electrons. The van der Waals surface area contributed by atoms with Gasteiger partial charge < -0.3 is 19.0 Å². The van der Waals surface area contributed by atoms with Gasteiger partial charge in [0.05, 0.1) is 29.8 Å². The van der Waals surface area contributed by atoms with Crippen LogP contribution in [0.5, 0.6) is 17.2 Å². The number of methoxy groups -OCH3 is 2. The molecule has 1 aliphatic rings. The Hall–Kier alpha value is -3.47. The minimum atomic E-state index is -4.14. The number of amidine groups is 1. The first kappa shape index (κ1) is 25.6. The van der Waals surface area contributed by atoms with Crippen LogP contribution >= 0.6 is 23.4 Å². The molecule has 36 heavy (non-hydrogen) atoms. The molecule has 1 saturated heterocycles. The van der Waals surface area contributed by atoms with Gasteiger partial charge in [-0.2, -0.15) is 8.42 Å². The van der Waals surface area contributed by atoms with Gasteiger partial charge in [-0.25, -0.2) is 4.99 Å². The van der Waals surface area contributed by atoms with Crippen molar-refractivity contribution < 1.29 is 26.9 Å². The predicted molar refractivity (Wildman–Crippen MR) is 141 cm³/mol. The minimum absolute atomic E-state index is 0.00687. The number of hydrogen-bond donors (Lipinski definition) is 1. The van der Waals surface area contributed by atoms with Crippen molar-refractivity contribution in [2.45, 2.75) is 11.8 Å². The van der Waals surface area contributed by atoms with Crippen LogP contribution in [0.1, 0.15) is 11.1 Å². The molecule has 0 radical (unpaired) electrons. The summed E-state index contributed by atoms with van der Waals surface area (Å²) >= 11 is 7.53. The van der Waals surface area contributed by atoms with Gasteiger partial charge in [0.1, 0.15) is 10.6 Å². The average molecular weight is 545 g/mol. The largest absolute Gasteiger partial charge is 0.497 e. The molecule has 0 spiro atoms. The molecule has 1 amide bonds. The van der Waals surface area contributed by atoms with Crippen molar-refractivity contribution in [1.29, 1.82) is 0 Å². The molecule has 4 rings (SSSR count). The fourth-order valence-corrected chi connectivity index (χ4v) is 5.27. The fourth-order valence-electron chi connectivity index (χ4n) is 3.17. The Labute approximate surface area is 218 Å². The van der Waals surface area contributed by atoms with Crippen LogP contribution < -0.4 is 19.0 Å². The van der Waals surface area contributed by atoms with E-state index in [1.807, 2.05) is 6.92 Å². The third kappa shape index (κ3) is 5.84. The summed E-state index contributed by atoms with van der Waals surface area (Å²) in [7, 11) is -1.20. The third-order valence-electron chi connectivity index (χ3n) is 5.01. The van der Waals surface area contributed by atoms with Gasteiger partial charge in [-0.1, -0.05) is 29.3 Å². The fraction of sp³-hybridized carbons (Fsp3) is 0.120. The van der Waals surface area contributed by atoms with Crippen molar-refractivity contribution in [1.82, 2.24) is 5.32 Å². The third-order valence-corrected chi connectivity index (χ3v) is 7.43. The lowest BCUT2D eigenvalue weighted by atomic mass is 10.2. The van der Waals surface area contributed by atoms with Gasteiger partial charge in [0.15, 0.2) is 10.9 Å². The van der Waals surface area contributed by atoms with Crippen LogP contribution in [0.2, 0.25) is 5.02 Å². The zero-order valence-electron chi connectivity index (χ0n) is 19.4. The summed E-state index contributed by atoms with van der Waals surface area (Å²) in [4.78, 5) is 17.3. The number of thioether (sulfide) groups is 1. The van der Waals surface area contributed by atoms with Gasteiger partial charge in [-0.3, -0.25) is 4.79 Å². The average Bonchev–Trinajstić information content (AvgIpc) is 3.19. The van der Waals surface area contributed by atoms with Crippen molar-refractivity contribution in [3.63, 3.8) is 0 Å². The van der Waals surface area contributed by atoms with Gasteiger partial charge in [-0.15, -0.1) is 0 Å². The first-order chi connectivity index (χ1) is 17.2. The number of benzene rings is 3. The second kappa shape index (κ2) is 10.7. The normalized spacial score (nSPS) is 15.7. The number of nitrogens with one attached hydrogen (secondary N) is 1. The molecule has 0 aromatic heterocycles. The van der Waals surface area contributed by atoms with E-state index in [1.54, 1.807) is 49.6 Å². The maximum Gasteiger partial charge on any atom is 0.339 e. The van der Waals surface area contributed by atoms with Crippen molar-refractivity contribution in [3.05, 3.63) is 81.7 Å². The number of hydrogen-bond acceptors (Lipinski definition) is 8. The number of carbonyl (C=O) groups is 1. The lowest BCUT2D eigenvalue weighted by molar-refractivity contribution is -0.115. The molecule has 11 heteroatoms. The minimum Gasteiger partial charge on any atom is -0.497 e. The number of halogens is 1. The quantitative estimate of drug-likeness (QED) is 0.317. The van der Waals surface area contributed by atoms with E-state index in [2.05, 4.69) is 10.3 Å². The van der Waals surface area contributed by atoms with Gasteiger partial charge in [0.25, 0.3) is 5.91 Å². The van der Waals surface area contributed by atoms with E-state index in [4.69, 9.17) is 25.3 Å². The van der Waals surface area contributed by atoms with E-state index >= 15 is 0 Å². The molecule has 0 bridgehead atoms. The molecule has 3 aromatic rings. The van der Waals surface area contributed by atoms with Crippen molar-refractivity contribution in [2.24, 2.45) is 4.99 Å². The molecule has 0 aliphatic carbocycles. The van der Waals surface area contributed by atoms with E-state index in [1.165, 1.54) is 31.4 Å². The maximum atomic E-state index is 12.7. The number of amides is 1. The number of aryl methyl sites for hydroxylation is 1. The SMILES string of the molecule is COc1ccc(N=C2NC(=O)/C(=C/c3cc(Cl)c(OS(=O)(=O)c4ccc(C)cc4)c(OC)c3)S2)cc1. The van der Waals surface area contributed by atoms with E-state index in [0.29, 0.717) is 27.1 Å². The molecule has 1 heterocycles. The summed E-state index contributed by atoms with van der Waals surface area (Å²) in [5, 5.41) is 3.14. The van der Waals surface area contributed by atoms with Crippen LogP contribution in [0.15, 0.2) is 75.5 Å². The number of aliphatic imine (C=N–C) groups is 1. The van der Waals surface area contributed by atoms with Crippen LogP contribution in [0, 0.1) is 6.92 Å². The van der Waals surface area contributed by atoms with Crippen molar-refractivity contribution >= 4 is 56.3 Å². The first-order valence-corrected chi connectivity index (χ1v) is 13.1. The maximum absolute atomic E-state index is 12.7. The van der Waals surface area contributed by atoms with Crippen LogP contribution in [0.4, 0.5) is 5.69 Å². The molecule has 0 atom stereocenters. The molecular weight excluding hydrogens is 524 g/mol. The van der Waals surface area contributed by atoms with Crippen LogP contribution in [0.3, 0.4) is 0 Å². The van der Waals surface area contributed by atoms with Crippen molar-refractivity contribution in [3.8, 4) is 17.2 Å². The van der Waals surface area contributed by atoms with Crippen LogP contribution in [0.25, 0.3) is 6.08 Å². The zero-order valence-corrected chi connectivity index (χ0v) is 21.8. The Kier molecular flexibility index (Phi) is 7.58. The van der Waals surface area contributed by atoms with Crippen LogP contribution in [-0.4, -0.2) is 33.7 Å². The molecular formula is C25H21ClN2O6S2.